The van der Waals surface area contributed by atoms with E-state index < -0.39 is 11.9 Å². The third-order valence-corrected chi connectivity index (χ3v) is 2.81. The summed E-state index contributed by atoms with van der Waals surface area (Å²) in [5, 5.41) is 11.5. The number of hydrogen-bond donors (Lipinski definition) is 2. The molecule has 0 aliphatic rings. The van der Waals surface area contributed by atoms with Gasteiger partial charge in [-0.05, 0) is 18.2 Å². The lowest BCUT2D eigenvalue weighted by Gasteiger charge is -2.10. The van der Waals surface area contributed by atoms with Crippen molar-refractivity contribution < 1.29 is 19.4 Å². The number of aromatic carboxylic acids is 1. The fourth-order valence-corrected chi connectivity index (χ4v) is 1.76. The maximum Gasteiger partial charge on any atom is 0.337 e. The topological polar surface area (TPSA) is 88.5 Å². The first kappa shape index (κ1) is 14.7. The standard InChI is InChI=1S/C15H14N2O4/c1-21-9-11-4-2-3-5-12(11)17-14(18)13-7-6-10(8-16-13)15(19)20/h2-8H,9H2,1H3,(H,17,18)(H,19,20). The molecule has 6 nitrogen and oxygen atoms in total. The molecule has 0 unspecified atom stereocenters. The van der Waals surface area contributed by atoms with E-state index in [1.807, 2.05) is 12.1 Å². The number of para-hydroxylation sites is 1. The van der Waals surface area contributed by atoms with Gasteiger partial charge in [0.1, 0.15) is 5.69 Å². The number of hydrogen-bond acceptors (Lipinski definition) is 4. The van der Waals surface area contributed by atoms with Crippen LogP contribution in [0.15, 0.2) is 42.6 Å². The van der Waals surface area contributed by atoms with Crippen LogP contribution in [0, 0.1) is 0 Å². The number of carboxylic acid groups (broad SMARTS) is 1. The Hall–Kier alpha value is -2.73. The quantitative estimate of drug-likeness (QED) is 0.879. The monoisotopic (exact) mass is 286 g/mol. The summed E-state index contributed by atoms with van der Waals surface area (Å²) in [6, 6.07) is 9.97. The predicted molar refractivity (Wildman–Crippen MR) is 76.3 cm³/mol. The lowest BCUT2D eigenvalue weighted by Crippen LogP contribution is -2.15. The minimum atomic E-state index is -1.08. The molecule has 0 spiro atoms. The van der Waals surface area contributed by atoms with Crippen LogP contribution in [0.1, 0.15) is 26.4 Å². The van der Waals surface area contributed by atoms with Crippen LogP contribution < -0.4 is 5.32 Å². The second-order valence-corrected chi connectivity index (χ2v) is 4.28. The second-order valence-electron chi connectivity index (χ2n) is 4.28. The molecule has 0 bridgehead atoms. The van der Waals surface area contributed by atoms with Gasteiger partial charge >= 0.3 is 5.97 Å². The Kier molecular flexibility index (Phi) is 4.63. The maximum absolute atomic E-state index is 12.1. The summed E-state index contributed by atoms with van der Waals surface area (Å²) in [5.74, 6) is -1.49. The number of rotatable bonds is 5. The molecule has 1 heterocycles. The molecule has 1 amide bonds. The summed E-state index contributed by atoms with van der Waals surface area (Å²) >= 11 is 0. The van der Waals surface area contributed by atoms with Crippen molar-refractivity contribution in [3.63, 3.8) is 0 Å². The van der Waals surface area contributed by atoms with Crippen LogP contribution in [-0.4, -0.2) is 29.1 Å². The van der Waals surface area contributed by atoms with Gasteiger partial charge in [-0.1, -0.05) is 18.2 Å². The Labute approximate surface area is 121 Å². The highest BCUT2D eigenvalue weighted by Gasteiger charge is 2.11. The molecule has 2 aromatic rings. The molecule has 108 valence electrons. The highest BCUT2D eigenvalue weighted by Crippen LogP contribution is 2.16. The summed E-state index contributed by atoms with van der Waals surface area (Å²) < 4.78 is 5.07. The Morgan fingerprint density at radius 1 is 1.24 bits per heavy atom. The summed E-state index contributed by atoms with van der Waals surface area (Å²) in [6.45, 7) is 0.377. The number of carbonyl (C=O) groups excluding carboxylic acids is 1. The van der Waals surface area contributed by atoms with Gasteiger partial charge < -0.3 is 15.2 Å². The summed E-state index contributed by atoms with van der Waals surface area (Å²) in [5.41, 5.74) is 1.66. The molecule has 2 rings (SSSR count). The molecule has 0 radical (unpaired) electrons. The number of benzene rings is 1. The van der Waals surface area contributed by atoms with Crippen molar-refractivity contribution in [1.82, 2.24) is 4.98 Å². The zero-order chi connectivity index (χ0) is 15.2. The smallest absolute Gasteiger partial charge is 0.337 e. The summed E-state index contributed by atoms with van der Waals surface area (Å²) in [4.78, 5) is 26.7. The van der Waals surface area contributed by atoms with Gasteiger partial charge in [-0.15, -0.1) is 0 Å². The number of anilines is 1. The van der Waals surface area contributed by atoms with Gasteiger partial charge in [0.25, 0.3) is 5.91 Å². The van der Waals surface area contributed by atoms with E-state index in [0.717, 1.165) is 11.8 Å². The molecule has 0 saturated heterocycles. The molecule has 0 aliphatic heterocycles. The van der Waals surface area contributed by atoms with Crippen molar-refractivity contribution >= 4 is 17.6 Å². The Morgan fingerprint density at radius 2 is 2.00 bits per heavy atom. The zero-order valence-corrected chi connectivity index (χ0v) is 11.4. The minimum absolute atomic E-state index is 0.0336. The van der Waals surface area contributed by atoms with Gasteiger partial charge in [0.2, 0.25) is 0 Å². The fourth-order valence-electron chi connectivity index (χ4n) is 1.76. The van der Waals surface area contributed by atoms with Crippen molar-refractivity contribution in [2.75, 3.05) is 12.4 Å². The molecule has 6 heteroatoms. The number of nitrogens with zero attached hydrogens (tertiary/aromatic N) is 1. The van der Waals surface area contributed by atoms with Crippen LogP contribution in [0.3, 0.4) is 0 Å². The molecule has 0 atom stereocenters. The minimum Gasteiger partial charge on any atom is -0.478 e. The van der Waals surface area contributed by atoms with Crippen LogP contribution in [0.5, 0.6) is 0 Å². The van der Waals surface area contributed by atoms with Crippen LogP contribution in [0.2, 0.25) is 0 Å². The van der Waals surface area contributed by atoms with Crippen molar-refractivity contribution in [2.45, 2.75) is 6.61 Å². The van der Waals surface area contributed by atoms with E-state index in [9.17, 15) is 9.59 Å². The summed E-state index contributed by atoms with van der Waals surface area (Å²) in [7, 11) is 1.57. The third-order valence-electron chi connectivity index (χ3n) is 2.81. The normalized spacial score (nSPS) is 10.1. The van der Waals surface area contributed by atoms with E-state index in [1.54, 1.807) is 19.2 Å². The van der Waals surface area contributed by atoms with Gasteiger partial charge in [-0.2, -0.15) is 0 Å². The number of pyridine rings is 1. The molecule has 1 aromatic heterocycles. The number of aromatic nitrogens is 1. The van der Waals surface area contributed by atoms with Crippen molar-refractivity contribution in [2.24, 2.45) is 0 Å². The Balaban J connectivity index is 2.16. The Bertz CT molecular complexity index is 653. The molecular formula is C15H14N2O4. The largest absolute Gasteiger partial charge is 0.478 e. The van der Waals surface area contributed by atoms with Crippen molar-refractivity contribution in [3.05, 3.63) is 59.4 Å². The fraction of sp³-hybridized carbons (Fsp3) is 0.133. The molecular weight excluding hydrogens is 272 g/mol. The SMILES string of the molecule is COCc1ccccc1NC(=O)c1ccc(C(=O)O)cn1. The average molecular weight is 286 g/mol. The van der Waals surface area contributed by atoms with Gasteiger partial charge in [-0.3, -0.25) is 9.78 Å². The second kappa shape index (κ2) is 6.62. The highest BCUT2D eigenvalue weighted by molar-refractivity contribution is 6.03. The first-order valence-electron chi connectivity index (χ1n) is 6.19. The van der Waals surface area contributed by atoms with Crippen LogP contribution in [0.4, 0.5) is 5.69 Å². The van der Waals surface area contributed by atoms with Crippen molar-refractivity contribution in [3.8, 4) is 0 Å². The van der Waals surface area contributed by atoms with Gasteiger partial charge in [0.05, 0.1) is 12.2 Å². The maximum atomic E-state index is 12.1. The van der Waals surface area contributed by atoms with Gasteiger partial charge in [0, 0.05) is 24.6 Å². The van der Waals surface area contributed by atoms with Crippen LogP contribution in [-0.2, 0) is 11.3 Å². The van der Waals surface area contributed by atoms with E-state index in [0.29, 0.717) is 12.3 Å². The number of carbonyl (C=O) groups is 2. The van der Waals surface area contributed by atoms with E-state index in [2.05, 4.69) is 10.3 Å². The van der Waals surface area contributed by atoms with Crippen LogP contribution in [0.25, 0.3) is 0 Å². The predicted octanol–water partition coefficient (Wildman–Crippen LogP) is 2.18. The molecule has 21 heavy (non-hydrogen) atoms. The first-order chi connectivity index (χ1) is 10.1. The molecule has 1 aromatic carbocycles. The first-order valence-corrected chi connectivity index (χ1v) is 6.19. The van der Waals surface area contributed by atoms with E-state index >= 15 is 0 Å². The lowest BCUT2D eigenvalue weighted by atomic mass is 10.2. The number of ether oxygens (including phenoxy) is 1. The number of methoxy groups -OCH3 is 1. The van der Waals surface area contributed by atoms with Gasteiger partial charge in [-0.25, -0.2) is 4.79 Å². The Morgan fingerprint density at radius 3 is 2.62 bits per heavy atom. The number of amides is 1. The van der Waals surface area contributed by atoms with E-state index in [1.165, 1.54) is 12.1 Å². The van der Waals surface area contributed by atoms with E-state index in [4.69, 9.17) is 9.84 Å². The zero-order valence-electron chi connectivity index (χ0n) is 11.4. The molecule has 0 fully saturated rings. The van der Waals surface area contributed by atoms with Gasteiger partial charge in [0.15, 0.2) is 0 Å². The average Bonchev–Trinajstić information content (AvgIpc) is 2.49. The highest BCUT2D eigenvalue weighted by atomic mass is 16.5. The third kappa shape index (κ3) is 3.64. The lowest BCUT2D eigenvalue weighted by molar-refractivity contribution is 0.0696. The van der Waals surface area contributed by atoms with E-state index in [-0.39, 0.29) is 11.3 Å². The number of nitrogens with one attached hydrogen (secondary N) is 1. The van der Waals surface area contributed by atoms with Crippen LogP contribution >= 0.6 is 0 Å². The van der Waals surface area contributed by atoms with Crippen molar-refractivity contribution in [1.29, 1.82) is 0 Å². The molecule has 0 aliphatic carbocycles. The molecule has 2 N–H and O–H groups in total. The summed E-state index contributed by atoms with van der Waals surface area (Å²) in [6.07, 6.45) is 1.15. The number of carboxylic acids is 1. The molecule has 0 saturated carbocycles.